The Bertz CT molecular complexity index is 646. The lowest BCUT2D eigenvalue weighted by Gasteiger charge is -2.17. The van der Waals surface area contributed by atoms with Crippen molar-refractivity contribution in [2.45, 2.75) is 13.5 Å². The van der Waals surface area contributed by atoms with Crippen molar-refractivity contribution in [2.75, 3.05) is 7.05 Å². The largest absolute Gasteiger partial charge is 0.337 e. The van der Waals surface area contributed by atoms with Crippen LogP contribution in [0.5, 0.6) is 0 Å². The van der Waals surface area contributed by atoms with Gasteiger partial charge in [0.1, 0.15) is 0 Å². The predicted octanol–water partition coefficient (Wildman–Crippen LogP) is 1.96. The third kappa shape index (κ3) is 3.31. The Kier molecular flexibility index (Phi) is 3.80. The molecule has 0 aliphatic heterocycles. The van der Waals surface area contributed by atoms with Gasteiger partial charge < -0.3 is 9.88 Å². The van der Waals surface area contributed by atoms with E-state index in [1.54, 1.807) is 18.0 Å². The molecule has 0 aliphatic carbocycles. The first-order chi connectivity index (χ1) is 9.06. The number of aromatic nitrogens is 1. The second-order valence-electron chi connectivity index (χ2n) is 4.59. The summed E-state index contributed by atoms with van der Waals surface area (Å²) in [5.41, 5.74) is 2.36. The van der Waals surface area contributed by atoms with E-state index in [2.05, 4.69) is 4.98 Å². The summed E-state index contributed by atoms with van der Waals surface area (Å²) in [6.45, 7) is 2.54. The van der Waals surface area contributed by atoms with E-state index < -0.39 is 0 Å². The molecule has 1 heterocycles. The molecule has 0 saturated heterocycles. The standard InChI is InChI=1S/C15H16N2O2/c1-11-4-3-5-12(8-11)10-17(2)15(19)13-6-7-16-14(18)9-13/h3-9H,10H2,1-2H3,(H,16,18). The number of amides is 1. The average molecular weight is 256 g/mol. The van der Waals surface area contributed by atoms with Crippen LogP contribution >= 0.6 is 0 Å². The monoisotopic (exact) mass is 256 g/mol. The number of hydrogen-bond acceptors (Lipinski definition) is 2. The minimum atomic E-state index is -0.269. The van der Waals surface area contributed by atoms with Crippen molar-refractivity contribution in [1.82, 2.24) is 9.88 Å². The summed E-state index contributed by atoms with van der Waals surface area (Å²) >= 11 is 0. The van der Waals surface area contributed by atoms with Gasteiger partial charge in [0, 0.05) is 31.4 Å². The van der Waals surface area contributed by atoms with Gasteiger partial charge in [0.05, 0.1) is 0 Å². The molecule has 19 heavy (non-hydrogen) atoms. The first kappa shape index (κ1) is 13.1. The van der Waals surface area contributed by atoms with Crippen molar-refractivity contribution >= 4 is 5.91 Å². The molecule has 0 spiro atoms. The van der Waals surface area contributed by atoms with E-state index in [9.17, 15) is 9.59 Å². The summed E-state index contributed by atoms with van der Waals surface area (Å²) in [7, 11) is 1.73. The van der Waals surface area contributed by atoms with Gasteiger partial charge in [0.2, 0.25) is 5.56 Å². The molecule has 0 unspecified atom stereocenters. The van der Waals surface area contributed by atoms with Crippen LogP contribution in [0, 0.1) is 6.92 Å². The maximum absolute atomic E-state index is 12.2. The number of aryl methyl sites for hydroxylation is 1. The number of nitrogens with one attached hydrogen (secondary N) is 1. The number of benzene rings is 1. The maximum atomic E-state index is 12.2. The summed E-state index contributed by atoms with van der Waals surface area (Å²) in [6, 6.07) is 10.9. The third-order valence-electron chi connectivity index (χ3n) is 2.87. The number of rotatable bonds is 3. The van der Waals surface area contributed by atoms with Crippen LogP contribution in [0.1, 0.15) is 21.5 Å². The van der Waals surface area contributed by atoms with Crippen molar-refractivity contribution in [3.05, 3.63) is 69.6 Å². The quantitative estimate of drug-likeness (QED) is 0.912. The van der Waals surface area contributed by atoms with Crippen LogP contribution in [0.4, 0.5) is 0 Å². The van der Waals surface area contributed by atoms with Crippen LogP contribution in [0.15, 0.2) is 47.4 Å². The van der Waals surface area contributed by atoms with E-state index in [1.807, 2.05) is 31.2 Å². The Morgan fingerprint density at radius 3 is 2.74 bits per heavy atom. The van der Waals surface area contributed by atoms with Crippen molar-refractivity contribution in [3.63, 3.8) is 0 Å². The molecule has 98 valence electrons. The van der Waals surface area contributed by atoms with Crippen LogP contribution in [-0.4, -0.2) is 22.8 Å². The zero-order valence-corrected chi connectivity index (χ0v) is 11.0. The molecule has 1 amide bonds. The van der Waals surface area contributed by atoms with Crippen LogP contribution < -0.4 is 5.56 Å². The van der Waals surface area contributed by atoms with Crippen molar-refractivity contribution in [1.29, 1.82) is 0 Å². The molecule has 2 aromatic rings. The Labute approximate surface area is 111 Å². The van der Waals surface area contributed by atoms with Gasteiger partial charge in [0.15, 0.2) is 0 Å². The molecule has 2 rings (SSSR count). The molecule has 1 aromatic carbocycles. The maximum Gasteiger partial charge on any atom is 0.254 e. The van der Waals surface area contributed by atoms with Gasteiger partial charge in [-0.25, -0.2) is 0 Å². The minimum absolute atomic E-state index is 0.160. The normalized spacial score (nSPS) is 10.2. The first-order valence-electron chi connectivity index (χ1n) is 6.06. The molecular weight excluding hydrogens is 240 g/mol. The summed E-state index contributed by atoms with van der Waals surface area (Å²) in [6.07, 6.45) is 1.48. The zero-order valence-electron chi connectivity index (χ0n) is 11.0. The minimum Gasteiger partial charge on any atom is -0.337 e. The fourth-order valence-corrected chi connectivity index (χ4v) is 1.95. The van der Waals surface area contributed by atoms with Gasteiger partial charge >= 0.3 is 0 Å². The highest BCUT2D eigenvalue weighted by molar-refractivity contribution is 5.93. The predicted molar refractivity (Wildman–Crippen MR) is 74.0 cm³/mol. The van der Waals surface area contributed by atoms with Gasteiger partial charge in [-0.3, -0.25) is 9.59 Å². The molecule has 0 atom stereocenters. The Hall–Kier alpha value is -2.36. The summed E-state index contributed by atoms with van der Waals surface area (Å²) < 4.78 is 0. The van der Waals surface area contributed by atoms with Crippen LogP contribution in [0.2, 0.25) is 0 Å². The Morgan fingerprint density at radius 1 is 1.26 bits per heavy atom. The van der Waals surface area contributed by atoms with Crippen molar-refractivity contribution in [3.8, 4) is 0 Å². The van der Waals surface area contributed by atoms with Crippen molar-refractivity contribution < 1.29 is 4.79 Å². The van der Waals surface area contributed by atoms with E-state index in [0.29, 0.717) is 12.1 Å². The third-order valence-corrected chi connectivity index (χ3v) is 2.87. The van der Waals surface area contributed by atoms with Gasteiger partial charge in [-0.2, -0.15) is 0 Å². The number of hydrogen-bond donors (Lipinski definition) is 1. The number of carbonyl (C=O) groups is 1. The molecule has 0 bridgehead atoms. The topological polar surface area (TPSA) is 53.2 Å². The number of aromatic amines is 1. The van der Waals surface area contributed by atoms with E-state index in [0.717, 1.165) is 11.1 Å². The molecule has 0 fully saturated rings. The summed E-state index contributed by atoms with van der Waals surface area (Å²) in [5.74, 6) is -0.160. The molecule has 0 saturated carbocycles. The number of carbonyl (C=O) groups excluding carboxylic acids is 1. The first-order valence-corrected chi connectivity index (χ1v) is 6.06. The second-order valence-corrected chi connectivity index (χ2v) is 4.59. The fourth-order valence-electron chi connectivity index (χ4n) is 1.95. The van der Waals surface area contributed by atoms with Gasteiger partial charge in [-0.15, -0.1) is 0 Å². The van der Waals surface area contributed by atoms with E-state index in [1.165, 1.54) is 12.3 Å². The van der Waals surface area contributed by atoms with Crippen LogP contribution in [-0.2, 0) is 6.54 Å². The molecule has 4 heteroatoms. The molecule has 1 N–H and O–H groups in total. The lowest BCUT2D eigenvalue weighted by molar-refractivity contribution is 0.0785. The number of H-pyrrole nitrogens is 1. The van der Waals surface area contributed by atoms with E-state index >= 15 is 0 Å². The molecule has 0 aliphatic rings. The van der Waals surface area contributed by atoms with Crippen LogP contribution in [0.25, 0.3) is 0 Å². The van der Waals surface area contributed by atoms with Gasteiger partial charge in [-0.1, -0.05) is 29.8 Å². The highest BCUT2D eigenvalue weighted by atomic mass is 16.2. The van der Waals surface area contributed by atoms with Crippen LogP contribution in [0.3, 0.4) is 0 Å². The second kappa shape index (κ2) is 5.52. The Balaban J connectivity index is 2.14. The van der Waals surface area contributed by atoms with Gasteiger partial charge in [-0.05, 0) is 18.6 Å². The fraction of sp³-hybridized carbons (Fsp3) is 0.200. The highest BCUT2D eigenvalue weighted by Gasteiger charge is 2.12. The smallest absolute Gasteiger partial charge is 0.254 e. The number of pyridine rings is 1. The molecular formula is C15H16N2O2. The molecule has 0 radical (unpaired) electrons. The lowest BCUT2D eigenvalue weighted by Crippen LogP contribution is -2.27. The van der Waals surface area contributed by atoms with Gasteiger partial charge in [0.25, 0.3) is 5.91 Å². The average Bonchev–Trinajstić information content (AvgIpc) is 2.38. The Morgan fingerprint density at radius 2 is 2.05 bits per heavy atom. The van der Waals surface area contributed by atoms with E-state index in [-0.39, 0.29) is 11.5 Å². The highest BCUT2D eigenvalue weighted by Crippen LogP contribution is 2.09. The van der Waals surface area contributed by atoms with Crippen molar-refractivity contribution in [2.24, 2.45) is 0 Å². The summed E-state index contributed by atoms with van der Waals surface area (Å²) in [5, 5.41) is 0. The molecule has 4 nitrogen and oxygen atoms in total. The summed E-state index contributed by atoms with van der Waals surface area (Å²) in [4.78, 5) is 27.5. The van der Waals surface area contributed by atoms with E-state index in [4.69, 9.17) is 0 Å². The SMILES string of the molecule is Cc1cccc(CN(C)C(=O)c2cc[nH]c(=O)c2)c1. The molecule has 1 aromatic heterocycles. The lowest BCUT2D eigenvalue weighted by atomic mass is 10.1. The number of nitrogens with zero attached hydrogens (tertiary/aromatic N) is 1. The zero-order chi connectivity index (χ0) is 13.8.